The summed E-state index contributed by atoms with van der Waals surface area (Å²) in [5.41, 5.74) is 0. The first kappa shape index (κ1) is 5.06. The Morgan fingerprint density at radius 2 is 2.43 bits per heavy atom. The monoisotopic (exact) mass is 101 g/mol. The van der Waals surface area contributed by atoms with E-state index < -0.39 is 0 Å². The Morgan fingerprint density at radius 3 is 2.43 bits per heavy atom. The lowest BCUT2D eigenvalue weighted by Crippen LogP contribution is -2.46. The van der Waals surface area contributed by atoms with E-state index in [9.17, 15) is 0 Å². The van der Waals surface area contributed by atoms with Crippen LogP contribution in [0.4, 0.5) is 0 Å². The molecule has 2 unspecified atom stereocenters. The van der Waals surface area contributed by atoms with Gasteiger partial charge in [-0.1, -0.05) is 6.92 Å². The fourth-order valence-corrected chi connectivity index (χ4v) is 0.753. The molecule has 0 aliphatic carbocycles. The van der Waals surface area contributed by atoms with Crippen LogP contribution in [-0.4, -0.2) is 19.9 Å². The molecule has 0 spiro atoms. The smallest absolute Gasteiger partial charge is 0.112 e. The second kappa shape index (κ2) is 1.80. The summed E-state index contributed by atoms with van der Waals surface area (Å²) in [5, 5.41) is 3.03. The Kier molecular flexibility index (Phi) is 1.30. The van der Waals surface area contributed by atoms with E-state index in [4.69, 9.17) is 4.74 Å². The van der Waals surface area contributed by atoms with Gasteiger partial charge in [-0.15, -0.1) is 0 Å². The number of ether oxygens (including phenoxy) is 1. The van der Waals surface area contributed by atoms with Gasteiger partial charge < -0.3 is 4.74 Å². The van der Waals surface area contributed by atoms with Crippen molar-refractivity contribution in [2.75, 3.05) is 13.7 Å². The van der Waals surface area contributed by atoms with Crippen LogP contribution in [0.1, 0.15) is 6.92 Å². The maximum atomic E-state index is 5.08. The first-order chi connectivity index (χ1) is 3.34. The van der Waals surface area contributed by atoms with Crippen LogP contribution in [0.25, 0.3) is 0 Å². The molecule has 1 rings (SSSR count). The van der Waals surface area contributed by atoms with Crippen LogP contribution in [0.3, 0.4) is 0 Å². The van der Waals surface area contributed by atoms with Gasteiger partial charge in [0.05, 0.1) is 6.61 Å². The van der Waals surface area contributed by atoms with Gasteiger partial charge >= 0.3 is 0 Å². The van der Waals surface area contributed by atoms with Gasteiger partial charge in [0, 0.05) is 5.92 Å². The summed E-state index contributed by atoms with van der Waals surface area (Å²) in [4.78, 5) is 0. The topological polar surface area (TPSA) is 21.3 Å². The van der Waals surface area contributed by atoms with Crippen molar-refractivity contribution in [2.45, 2.75) is 13.2 Å². The molecule has 1 aliphatic rings. The zero-order chi connectivity index (χ0) is 5.28. The Labute approximate surface area is 43.9 Å². The minimum atomic E-state index is 0.333. The van der Waals surface area contributed by atoms with Gasteiger partial charge in [0.2, 0.25) is 0 Å². The molecule has 0 aromatic heterocycles. The lowest BCUT2D eigenvalue weighted by Gasteiger charge is -2.33. The van der Waals surface area contributed by atoms with E-state index in [1.807, 2.05) is 7.05 Å². The summed E-state index contributed by atoms with van der Waals surface area (Å²) in [5.74, 6) is 0.713. The number of rotatable bonds is 1. The van der Waals surface area contributed by atoms with Crippen LogP contribution in [-0.2, 0) is 4.74 Å². The highest BCUT2D eigenvalue weighted by Crippen LogP contribution is 2.15. The first-order valence-electron chi connectivity index (χ1n) is 2.63. The highest BCUT2D eigenvalue weighted by Gasteiger charge is 2.25. The predicted molar refractivity (Wildman–Crippen MR) is 28.0 cm³/mol. The molecule has 0 saturated carbocycles. The summed E-state index contributed by atoms with van der Waals surface area (Å²) in [6.45, 7) is 3.09. The van der Waals surface area contributed by atoms with Gasteiger partial charge in [0.15, 0.2) is 0 Å². The molecule has 1 N–H and O–H groups in total. The molecule has 2 heteroatoms. The summed E-state index contributed by atoms with van der Waals surface area (Å²) in [6, 6.07) is 0. The van der Waals surface area contributed by atoms with Crippen molar-refractivity contribution in [3.8, 4) is 0 Å². The van der Waals surface area contributed by atoms with E-state index in [-0.39, 0.29) is 0 Å². The second-order valence-corrected chi connectivity index (χ2v) is 2.02. The molecule has 1 saturated heterocycles. The summed E-state index contributed by atoms with van der Waals surface area (Å²) < 4.78 is 5.08. The van der Waals surface area contributed by atoms with E-state index in [2.05, 4.69) is 12.2 Å². The van der Waals surface area contributed by atoms with E-state index in [1.165, 1.54) is 0 Å². The van der Waals surface area contributed by atoms with Crippen LogP contribution in [0.5, 0.6) is 0 Å². The molecule has 1 heterocycles. The Bertz CT molecular complexity index is 63.1. The molecule has 1 aliphatic heterocycles. The molecule has 2 atom stereocenters. The Morgan fingerprint density at radius 1 is 1.71 bits per heavy atom. The molecule has 0 radical (unpaired) electrons. The highest BCUT2D eigenvalue weighted by molar-refractivity contribution is 4.69. The van der Waals surface area contributed by atoms with Crippen LogP contribution in [0.2, 0.25) is 0 Å². The van der Waals surface area contributed by atoms with Gasteiger partial charge in [-0.3, -0.25) is 5.32 Å². The van der Waals surface area contributed by atoms with Crippen LogP contribution < -0.4 is 5.32 Å². The minimum Gasteiger partial charge on any atom is -0.363 e. The van der Waals surface area contributed by atoms with Crippen molar-refractivity contribution in [1.82, 2.24) is 5.32 Å². The number of hydrogen-bond donors (Lipinski definition) is 1. The molecule has 2 nitrogen and oxygen atoms in total. The fourth-order valence-electron chi connectivity index (χ4n) is 0.753. The van der Waals surface area contributed by atoms with Crippen molar-refractivity contribution in [3.63, 3.8) is 0 Å². The normalized spacial score (nSPS) is 40.3. The second-order valence-electron chi connectivity index (χ2n) is 2.02. The third-order valence-electron chi connectivity index (χ3n) is 1.34. The fraction of sp³-hybridized carbons (Fsp3) is 1.00. The van der Waals surface area contributed by atoms with Gasteiger partial charge in [-0.2, -0.15) is 0 Å². The molecule has 42 valence electrons. The first-order valence-corrected chi connectivity index (χ1v) is 2.63. The maximum absolute atomic E-state index is 5.08. The van der Waals surface area contributed by atoms with Gasteiger partial charge in [0.25, 0.3) is 0 Å². The molecular weight excluding hydrogens is 90.1 g/mol. The van der Waals surface area contributed by atoms with Crippen LogP contribution in [0, 0.1) is 5.92 Å². The van der Waals surface area contributed by atoms with Crippen molar-refractivity contribution in [2.24, 2.45) is 5.92 Å². The molecule has 0 amide bonds. The lowest BCUT2D eigenvalue weighted by atomic mass is 10.1. The third-order valence-corrected chi connectivity index (χ3v) is 1.34. The molecule has 0 aromatic rings. The number of nitrogens with one attached hydrogen (secondary N) is 1. The SMILES string of the molecule is CNC1OCC1C. The largest absolute Gasteiger partial charge is 0.363 e. The molecular formula is C5H11NO. The molecule has 0 bridgehead atoms. The predicted octanol–water partition coefficient (Wildman–Crippen LogP) is 0.198. The maximum Gasteiger partial charge on any atom is 0.112 e. The zero-order valence-electron chi connectivity index (χ0n) is 4.77. The molecule has 0 aromatic carbocycles. The summed E-state index contributed by atoms with van der Waals surface area (Å²) >= 11 is 0. The average molecular weight is 101 g/mol. The van der Waals surface area contributed by atoms with Crippen LogP contribution >= 0.6 is 0 Å². The van der Waals surface area contributed by atoms with Crippen molar-refractivity contribution < 1.29 is 4.74 Å². The van der Waals surface area contributed by atoms with E-state index in [1.54, 1.807) is 0 Å². The molecule has 7 heavy (non-hydrogen) atoms. The Hall–Kier alpha value is -0.0800. The lowest BCUT2D eigenvalue weighted by molar-refractivity contribution is -0.120. The third kappa shape index (κ3) is 0.763. The quantitative estimate of drug-likeness (QED) is 0.509. The van der Waals surface area contributed by atoms with Gasteiger partial charge in [-0.05, 0) is 7.05 Å². The van der Waals surface area contributed by atoms with Crippen molar-refractivity contribution in [3.05, 3.63) is 0 Å². The highest BCUT2D eigenvalue weighted by atomic mass is 16.5. The number of hydrogen-bond acceptors (Lipinski definition) is 2. The van der Waals surface area contributed by atoms with Crippen molar-refractivity contribution >= 4 is 0 Å². The van der Waals surface area contributed by atoms with E-state index in [0.29, 0.717) is 12.1 Å². The Balaban J connectivity index is 2.16. The van der Waals surface area contributed by atoms with Crippen molar-refractivity contribution in [1.29, 1.82) is 0 Å². The summed E-state index contributed by atoms with van der Waals surface area (Å²) in [6.07, 6.45) is 0.333. The standard InChI is InChI=1S/C5H11NO/c1-4-3-7-5(4)6-2/h4-6H,3H2,1-2H3. The summed E-state index contributed by atoms with van der Waals surface area (Å²) in [7, 11) is 1.92. The average Bonchev–Trinajstić information content (AvgIpc) is 1.65. The van der Waals surface area contributed by atoms with E-state index in [0.717, 1.165) is 6.61 Å². The van der Waals surface area contributed by atoms with Crippen LogP contribution in [0.15, 0.2) is 0 Å². The zero-order valence-corrected chi connectivity index (χ0v) is 4.77. The van der Waals surface area contributed by atoms with Gasteiger partial charge in [0.1, 0.15) is 6.23 Å². The van der Waals surface area contributed by atoms with Gasteiger partial charge in [-0.25, -0.2) is 0 Å². The molecule has 1 fully saturated rings. The minimum absolute atomic E-state index is 0.333. The van der Waals surface area contributed by atoms with E-state index >= 15 is 0 Å².